The number of carbonyl (C=O) groups is 2. The van der Waals surface area contributed by atoms with Crippen LogP contribution < -0.4 is 5.73 Å². The smallest absolute Gasteiger partial charge is 0.462 e. The van der Waals surface area contributed by atoms with Crippen LogP contribution in [0.3, 0.4) is 0 Å². The van der Waals surface area contributed by atoms with Crippen molar-refractivity contribution in [2.24, 2.45) is 5.73 Å². The summed E-state index contributed by atoms with van der Waals surface area (Å²) in [6, 6.07) is 0. The zero-order valence-corrected chi connectivity index (χ0v) is 30.7. The molecule has 0 aromatic rings. The Balaban J connectivity index is 4.28. The molecule has 0 aliphatic rings. The molecule has 2 unspecified atom stereocenters. The Bertz CT molecular complexity index is 876. The second-order valence-electron chi connectivity index (χ2n) is 12.1. The first-order valence-electron chi connectivity index (χ1n) is 18.5. The van der Waals surface area contributed by atoms with E-state index in [0.29, 0.717) is 6.42 Å². The normalized spacial score (nSPS) is 13.9. The minimum Gasteiger partial charge on any atom is -0.462 e. The fourth-order valence-corrected chi connectivity index (χ4v) is 5.47. The second kappa shape index (κ2) is 34.1. The van der Waals surface area contributed by atoms with Crippen LogP contribution in [-0.2, 0) is 32.7 Å². The lowest BCUT2D eigenvalue weighted by Crippen LogP contribution is -2.29. The third kappa shape index (κ3) is 33.9. The first-order valence-corrected chi connectivity index (χ1v) is 20.0. The highest BCUT2D eigenvalue weighted by molar-refractivity contribution is 7.47. The van der Waals surface area contributed by atoms with Gasteiger partial charge >= 0.3 is 19.8 Å². The van der Waals surface area contributed by atoms with E-state index in [1.165, 1.54) is 38.5 Å². The zero-order chi connectivity index (χ0) is 34.7. The Morgan fingerprint density at radius 2 is 1.13 bits per heavy atom. The van der Waals surface area contributed by atoms with Crippen molar-refractivity contribution < 1.29 is 37.6 Å². The molecule has 0 aliphatic heterocycles. The molecule has 0 aliphatic carbocycles. The average molecular weight is 686 g/mol. The maximum absolute atomic E-state index is 12.5. The van der Waals surface area contributed by atoms with Crippen LogP contribution in [0.5, 0.6) is 0 Å². The lowest BCUT2D eigenvalue weighted by atomic mass is 10.1. The highest BCUT2D eigenvalue weighted by atomic mass is 31.2. The van der Waals surface area contributed by atoms with Crippen LogP contribution in [0.25, 0.3) is 0 Å². The largest absolute Gasteiger partial charge is 0.472 e. The summed E-state index contributed by atoms with van der Waals surface area (Å²) in [5, 5.41) is 0. The maximum atomic E-state index is 12.5. The first-order chi connectivity index (χ1) is 22.8. The number of hydrogen-bond donors (Lipinski definition) is 2. The summed E-state index contributed by atoms with van der Waals surface area (Å²) in [5.41, 5.74) is 5.32. The van der Waals surface area contributed by atoms with Crippen LogP contribution in [0.2, 0.25) is 0 Å². The van der Waals surface area contributed by atoms with E-state index in [0.717, 1.165) is 83.5 Å². The number of phosphoric ester groups is 1. The number of phosphoric acid groups is 1. The average Bonchev–Trinajstić information content (AvgIpc) is 3.05. The molecule has 0 aromatic carbocycles. The Labute approximate surface area is 286 Å². The number of rotatable bonds is 34. The molecule has 0 radical (unpaired) electrons. The summed E-state index contributed by atoms with van der Waals surface area (Å²) >= 11 is 0. The molecule has 0 fully saturated rings. The van der Waals surface area contributed by atoms with Gasteiger partial charge in [0.05, 0.1) is 13.2 Å². The van der Waals surface area contributed by atoms with Gasteiger partial charge in [-0.1, -0.05) is 115 Å². The number of hydrogen-bond acceptors (Lipinski definition) is 8. The van der Waals surface area contributed by atoms with E-state index in [1.807, 2.05) is 0 Å². The van der Waals surface area contributed by atoms with E-state index < -0.39 is 32.5 Å². The molecular formula is C37H68NO8P. The van der Waals surface area contributed by atoms with Gasteiger partial charge in [0.15, 0.2) is 6.10 Å². The van der Waals surface area contributed by atoms with E-state index in [1.54, 1.807) is 0 Å². The van der Waals surface area contributed by atoms with Gasteiger partial charge in [-0.2, -0.15) is 0 Å². The second-order valence-corrected chi connectivity index (χ2v) is 13.5. The molecule has 47 heavy (non-hydrogen) atoms. The molecule has 0 spiro atoms. The summed E-state index contributed by atoms with van der Waals surface area (Å²) in [7, 11) is -4.37. The van der Waals surface area contributed by atoms with Gasteiger partial charge in [-0.3, -0.25) is 18.6 Å². The summed E-state index contributed by atoms with van der Waals surface area (Å²) in [6.45, 7) is 3.62. The molecule has 0 rings (SSSR count). The predicted molar refractivity (Wildman–Crippen MR) is 192 cm³/mol. The molecule has 2 atom stereocenters. The number of ether oxygens (including phenoxy) is 2. The van der Waals surface area contributed by atoms with Crippen LogP contribution in [0.1, 0.15) is 155 Å². The molecule has 3 N–H and O–H groups in total. The molecule has 0 heterocycles. The van der Waals surface area contributed by atoms with Crippen LogP contribution in [0, 0.1) is 0 Å². The molecule has 9 nitrogen and oxygen atoms in total. The highest BCUT2D eigenvalue weighted by Gasteiger charge is 2.25. The van der Waals surface area contributed by atoms with Crippen molar-refractivity contribution in [3.05, 3.63) is 36.5 Å². The van der Waals surface area contributed by atoms with Gasteiger partial charge < -0.3 is 20.1 Å². The molecule has 0 aromatic heterocycles. The molecule has 0 saturated carbocycles. The van der Waals surface area contributed by atoms with Crippen LogP contribution in [-0.4, -0.2) is 49.3 Å². The van der Waals surface area contributed by atoms with Gasteiger partial charge in [0.1, 0.15) is 6.61 Å². The standard InChI is InChI=1S/C37H68NO8P/c1-3-5-7-9-11-13-15-16-17-18-20-22-24-26-28-30-37(40)46-35(34-45-47(41,42)44-32-31-38)33-43-36(39)29-27-25-23-21-19-14-12-10-8-6-4-2/h10-13,16-17,35H,3-9,14-15,18-34,38H2,1-2H3,(H,41,42). The Morgan fingerprint density at radius 1 is 0.638 bits per heavy atom. The Kier molecular flexibility index (Phi) is 32.8. The van der Waals surface area contributed by atoms with Gasteiger partial charge in [0, 0.05) is 19.4 Å². The fourth-order valence-electron chi connectivity index (χ4n) is 4.70. The first kappa shape index (κ1) is 45.2. The topological polar surface area (TPSA) is 134 Å². The van der Waals surface area contributed by atoms with Crippen molar-refractivity contribution in [2.45, 2.75) is 161 Å². The van der Waals surface area contributed by atoms with E-state index in [4.69, 9.17) is 24.3 Å². The van der Waals surface area contributed by atoms with Gasteiger partial charge in [-0.15, -0.1) is 0 Å². The highest BCUT2D eigenvalue weighted by Crippen LogP contribution is 2.43. The minimum absolute atomic E-state index is 0.0492. The Hall–Kier alpha value is -1.77. The van der Waals surface area contributed by atoms with Crippen LogP contribution in [0.15, 0.2) is 36.5 Å². The van der Waals surface area contributed by atoms with Crippen LogP contribution >= 0.6 is 7.82 Å². The lowest BCUT2D eigenvalue weighted by Gasteiger charge is -2.19. The van der Waals surface area contributed by atoms with E-state index in [9.17, 15) is 19.0 Å². The molecule has 0 amide bonds. The third-order valence-corrected chi connectivity index (χ3v) is 8.48. The van der Waals surface area contributed by atoms with Gasteiger partial charge in [0.25, 0.3) is 0 Å². The lowest BCUT2D eigenvalue weighted by molar-refractivity contribution is -0.161. The van der Waals surface area contributed by atoms with Gasteiger partial charge in [-0.05, 0) is 64.2 Å². The van der Waals surface area contributed by atoms with Crippen molar-refractivity contribution in [1.29, 1.82) is 0 Å². The van der Waals surface area contributed by atoms with Gasteiger partial charge in [0.2, 0.25) is 0 Å². The number of unbranched alkanes of at least 4 members (excludes halogenated alkanes) is 15. The predicted octanol–water partition coefficient (Wildman–Crippen LogP) is 9.82. The molecule has 0 saturated heterocycles. The molecule has 0 bridgehead atoms. The Morgan fingerprint density at radius 3 is 1.70 bits per heavy atom. The van der Waals surface area contributed by atoms with E-state index >= 15 is 0 Å². The summed E-state index contributed by atoms with van der Waals surface area (Å²) < 4.78 is 32.6. The number of nitrogens with two attached hydrogens (primary N) is 1. The minimum atomic E-state index is -4.37. The van der Waals surface area contributed by atoms with Crippen LogP contribution in [0.4, 0.5) is 0 Å². The fraction of sp³-hybridized carbons (Fsp3) is 0.784. The zero-order valence-electron chi connectivity index (χ0n) is 29.8. The summed E-state index contributed by atoms with van der Waals surface area (Å²) in [4.78, 5) is 34.6. The van der Waals surface area contributed by atoms with E-state index in [-0.39, 0.29) is 32.6 Å². The SMILES string of the molecule is CCCCC=CCCCCCCCC(=O)OCC(COP(=O)(O)OCCN)OC(=O)CCCCCCCC=CCC=CCCCCC. The van der Waals surface area contributed by atoms with Gasteiger partial charge in [-0.25, -0.2) is 4.57 Å². The molecular weight excluding hydrogens is 617 g/mol. The van der Waals surface area contributed by atoms with Crippen molar-refractivity contribution in [3.8, 4) is 0 Å². The van der Waals surface area contributed by atoms with Crippen molar-refractivity contribution in [1.82, 2.24) is 0 Å². The van der Waals surface area contributed by atoms with E-state index in [2.05, 4.69) is 50.3 Å². The molecule has 10 heteroatoms. The third-order valence-electron chi connectivity index (χ3n) is 7.50. The number of allylic oxidation sites excluding steroid dienone is 6. The number of esters is 2. The monoisotopic (exact) mass is 685 g/mol. The maximum Gasteiger partial charge on any atom is 0.472 e. The van der Waals surface area contributed by atoms with Crippen molar-refractivity contribution in [2.75, 3.05) is 26.4 Å². The summed E-state index contributed by atoms with van der Waals surface area (Å²) in [5.74, 6) is -0.860. The molecule has 274 valence electrons. The quantitative estimate of drug-likeness (QED) is 0.0294. The van der Waals surface area contributed by atoms with Crippen molar-refractivity contribution in [3.63, 3.8) is 0 Å². The number of carbonyl (C=O) groups excluding carboxylic acids is 2. The summed E-state index contributed by atoms with van der Waals surface area (Å²) in [6.07, 6.45) is 34.6. The van der Waals surface area contributed by atoms with Crippen molar-refractivity contribution >= 4 is 19.8 Å².